The molecule has 1 unspecified atom stereocenters. The molecule has 0 spiro atoms. The van der Waals surface area contributed by atoms with Crippen molar-refractivity contribution in [3.63, 3.8) is 0 Å². The minimum absolute atomic E-state index is 0.0146. The van der Waals surface area contributed by atoms with Gasteiger partial charge in [-0.2, -0.15) is 13.2 Å². The number of carboxylic acids is 2. The van der Waals surface area contributed by atoms with E-state index in [1.165, 1.54) is 28.4 Å². The van der Waals surface area contributed by atoms with Gasteiger partial charge in [0.2, 0.25) is 17.0 Å². The van der Waals surface area contributed by atoms with Crippen LogP contribution in [-0.2, 0) is 25.7 Å². The van der Waals surface area contributed by atoms with E-state index < -0.39 is 18.1 Å². The van der Waals surface area contributed by atoms with Crippen LogP contribution in [0.5, 0.6) is 0 Å². The van der Waals surface area contributed by atoms with E-state index in [0.717, 1.165) is 12.0 Å². The highest BCUT2D eigenvalue weighted by Crippen LogP contribution is 2.47. The molecule has 3 atom stereocenters. The van der Waals surface area contributed by atoms with Crippen molar-refractivity contribution in [2.45, 2.75) is 36.4 Å². The van der Waals surface area contributed by atoms with E-state index in [9.17, 15) is 32.7 Å². The summed E-state index contributed by atoms with van der Waals surface area (Å²) in [5.41, 5.74) is 0.821. The fourth-order valence-corrected chi connectivity index (χ4v) is 4.82. The Hall–Kier alpha value is -3.21. The lowest BCUT2D eigenvalue weighted by Crippen LogP contribution is -2.71. The largest absolute Gasteiger partial charge is 0.490 e. The molecule has 180 valence electrons. The second-order valence-corrected chi connectivity index (χ2v) is 8.03. The normalized spacial score (nSPS) is 23.3. The number of aromatic nitrogens is 4. The van der Waals surface area contributed by atoms with Gasteiger partial charge < -0.3 is 20.8 Å². The number of alkyl halides is 3. The molecule has 1 aromatic rings. The Morgan fingerprint density at radius 1 is 1.30 bits per heavy atom. The number of thioether (sulfide) groups is 1. The van der Waals surface area contributed by atoms with Crippen molar-refractivity contribution in [1.82, 2.24) is 35.7 Å². The molecule has 2 saturated heterocycles. The van der Waals surface area contributed by atoms with Crippen LogP contribution in [0.1, 0.15) is 6.42 Å². The minimum atomic E-state index is -5.08. The zero-order valence-electron chi connectivity index (χ0n) is 16.9. The van der Waals surface area contributed by atoms with E-state index in [0.29, 0.717) is 17.5 Å². The zero-order valence-corrected chi connectivity index (χ0v) is 17.7. The van der Waals surface area contributed by atoms with Crippen LogP contribution < -0.4 is 10.6 Å². The van der Waals surface area contributed by atoms with Crippen molar-refractivity contribution >= 4 is 35.5 Å². The van der Waals surface area contributed by atoms with E-state index >= 15 is 0 Å². The number of piperidine rings is 1. The molecule has 3 aliphatic heterocycles. The van der Waals surface area contributed by atoms with E-state index in [4.69, 9.17) is 9.90 Å². The zero-order chi connectivity index (χ0) is 24.5. The Labute approximate surface area is 187 Å². The topological polar surface area (TPSA) is 180 Å². The minimum Gasteiger partial charge on any atom is -0.477 e. The molecule has 0 aliphatic carbocycles. The lowest BCUT2D eigenvalue weighted by molar-refractivity contribution is -0.192. The van der Waals surface area contributed by atoms with Gasteiger partial charge in [0.05, 0.1) is 6.04 Å². The number of hydrogen-bond acceptors (Lipinski definition) is 9. The third kappa shape index (κ3) is 4.77. The van der Waals surface area contributed by atoms with Crippen LogP contribution in [0.25, 0.3) is 0 Å². The number of nitrogens with one attached hydrogen (secondary N) is 2. The molecule has 0 bridgehead atoms. The number of rotatable bonds is 6. The molecule has 4 rings (SSSR count). The highest BCUT2D eigenvalue weighted by atomic mass is 32.2. The summed E-state index contributed by atoms with van der Waals surface area (Å²) in [7, 11) is 1.52. The predicted molar refractivity (Wildman–Crippen MR) is 101 cm³/mol. The average molecular weight is 493 g/mol. The summed E-state index contributed by atoms with van der Waals surface area (Å²) in [6.45, 7) is 0.667. The van der Waals surface area contributed by atoms with Gasteiger partial charge in [0.1, 0.15) is 18.3 Å². The lowest BCUT2D eigenvalue weighted by Gasteiger charge is -2.48. The molecule has 4 heterocycles. The molecule has 0 radical (unpaired) electrons. The van der Waals surface area contributed by atoms with Crippen LogP contribution in [-0.4, -0.2) is 96.7 Å². The number of β-lactam (4-membered cyclic amide) rings is 1. The summed E-state index contributed by atoms with van der Waals surface area (Å²) in [6, 6.07) is -0.399. The molecule has 4 N–H and O–H groups in total. The summed E-state index contributed by atoms with van der Waals surface area (Å²) in [6.07, 6.45) is -4.30. The molecule has 13 nitrogen and oxygen atoms in total. The first-order chi connectivity index (χ1) is 15.5. The lowest BCUT2D eigenvalue weighted by atomic mass is 9.80. The van der Waals surface area contributed by atoms with Gasteiger partial charge >= 0.3 is 18.1 Å². The molecule has 2 amide bonds. The van der Waals surface area contributed by atoms with Crippen molar-refractivity contribution in [2.24, 2.45) is 5.92 Å². The van der Waals surface area contributed by atoms with Crippen molar-refractivity contribution in [1.29, 1.82) is 0 Å². The Balaban J connectivity index is 0.000000383. The summed E-state index contributed by atoms with van der Waals surface area (Å²) in [5.74, 6) is -3.88. The Bertz CT molecular complexity index is 1010. The van der Waals surface area contributed by atoms with E-state index in [2.05, 4.69) is 26.2 Å². The van der Waals surface area contributed by atoms with Gasteiger partial charge in [0, 0.05) is 18.7 Å². The maximum Gasteiger partial charge on any atom is 0.490 e. The summed E-state index contributed by atoms with van der Waals surface area (Å²) < 4.78 is 33.1. The van der Waals surface area contributed by atoms with Crippen molar-refractivity contribution in [3.8, 4) is 0 Å². The number of carboxylic acid groups (broad SMARTS) is 2. The van der Waals surface area contributed by atoms with Crippen LogP contribution in [0.3, 0.4) is 0 Å². The molecule has 1 aromatic heterocycles. The molecule has 2 fully saturated rings. The highest BCUT2D eigenvalue weighted by Gasteiger charge is 2.60. The van der Waals surface area contributed by atoms with E-state index in [1.54, 1.807) is 0 Å². The van der Waals surface area contributed by atoms with Gasteiger partial charge in [0.15, 0.2) is 0 Å². The monoisotopic (exact) mass is 493 g/mol. The predicted octanol–water partition coefficient (Wildman–Crippen LogP) is -1.31. The van der Waals surface area contributed by atoms with Gasteiger partial charge in [-0.15, -0.1) is 5.10 Å². The molecule has 17 heteroatoms. The SMILES string of the molecule is CNC(=O)Cn1nnnc1SCC1=C(C(=O)O)N2C(=O)[C@H]3NCCC1[C@H]32.O=C(O)C(F)(F)F. The number of likely N-dealkylation sites (N-methyl/N-ethyl adjacent to an activating group) is 1. The van der Waals surface area contributed by atoms with Crippen LogP contribution in [0.4, 0.5) is 13.2 Å². The van der Waals surface area contributed by atoms with Gasteiger partial charge in [-0.25, -0.2) is 14.3 Å². The maximum atomic E-state index is 12.2. The first-order valence-corrected chi connectivity index (χ1v) is 10.4. The quantitative estimate of drug-likeness (QED) is 0.273. The smallest absolute Gasteiger partial charge is 0.477 e. The number of aliphatic carboxylic acids is 2. The third-order valence-corrected chi connectivity index (χ3v) is 6.25. The highest BCUT2D eigenvalue weighted by molar-refractivity contribution is 7.99. The van der Waals surface area contributed by atoms with E-state index in [-0.39, 0.29) is 42.1 Å². The first-order valence-electron chi connectivity index (χ1n) is 9.39. The van der Waals surface area contributed by atoms with Crippen LogP contribution >= 0.6 is 11.8 Å². The summed E-state index contributed by atoms with van der Waals surface area (Å²) in [5, 5.41) is 34.1. The standard InChI is InChI=1S/C14H17N7O4S.C2HF3O2/c1-15-8(22)4-20-14(17-18-19-20)26-5-7-6-2-3-16-9-10(6)21(12(9)23)11(7)13(24)25;3-2(4,5)1(6)7/h6,9-10,16H,2-5H2,1H3,(H,15,22)(H,24,25);(H,6,7)/t6?,9-,10+;/m0./s1. The van der Waals surface area contributed by atoms with E-state index in [1.807, 2.05) is 0 Å². The Kier molecular flexibility index (Phi) is 6.92. The van der Waals surface area contributed by atoms with Gasteiger partial charge in [0.25, 0.3) is 0 Å². The number of hydrogen-bond donors (Lipinski definition) is 4. The van der Waals surface area contributed by atoms with Crippen LogP contribution in [0, 0.1) is 5.92 Å². The summed E-state index contributed by atoms with van der Waals surface area (Å²) >= 11 is 1.27. The molecule has 3 aliphatic rings. The Morgan fingerprint density at radius 3 is 2.55 bits per heavy atom. The number of carbonyl (C=O) groups is 4. The maximum absolute atomic E-state index is 12.2. The molecule has 0 saturated carbocycles. The van der Waals surface area contributed by atoms with Gasteiger partial charge in [-0.05, 0) is 29.0 Å². The van der Waals surface area contributed by atoms with Gasteiger partial charge in [-0.3, -0.25) is 14.5 Å². The number of tetrazole rings is 1. The number of amides is 2. The fraction of sp³-hybridized carbons (Fsp3) is 0.562. The van der Waals surface area contributed by atoms with Crippen LogP contribution in [0.2, 0.25) is 0 Å². The number of carbonyl (C=O) groups excluding carboxylic acids is 2. The molecule has 33 heavy (non-hydrogen) atoms. The van der Waals surface area contributed by atoms with Crippen LogP contribution in [0.15, 0.2) is 16.4 Å². The molecule has 0 aromatic carbocycles. The number of nitrogens with zero attached hydrogens (tertiary/aromatic N) is 5. The average Bonchev–Trinajstić information content (AvgIpc) is 3.32. The van der Waals surface area contributed by atoms with Crippen molar-refractivity contribution in [2.75, 3.05) is 19.3 Å². The number of halogens is 3. The van der Waals surface area contributed by atoms with Crippen molar-refractivity contribution < 1.29 is 42.6 Å². The first kappa shape index (κ1) is 24.4. The second-order valence-electron chi connectivity index (χ2n) is 7.09. The van der Waals surface area contributed by atoms with Gasteiger partial charge in [-0.1, -0.05) is 11.8 Å². The summed E-state index contributed by atoms with van der Waals surface area (Å²) in [4.78, 5) is 45.8. The molecular weight excluding hydrogens is 475 g/mol. The second kappa shape index (κ2) is 9.34. The molecular formula is C16H18F3N7O6S. The van der Waals surface area contributed by atoms with Crippen molar-refractivity contribution in [3.05, 3.63) is 11.3 Å². The Morgan fingerprint density at radius 2 is 1.97 bits per heavy atom. The fourth-order valence-electron chi connectivity index (χ4n) is 3.84. The third-order valence-electron chi connectivity index (χ3n) is 5.24.